The fourth-order valence-electron chi connectivity index (χ4n) is 2.06. The van der Waals surface area contributed by atoms with Crippen LogP contribution >= 0.6 is 31.9 Å². The number of carbonyl (C=O) groups is 2. The molecule has 2 aromatic rings. The minimum absolute atomic E-state index is 0.527. The zero-order valence-corrected chi connectivity index (χ0v) is 18.8. The van der Waals surface area contributed by atoms with Crippen LogP contribution in [0.1, 0.15) is 20.7 Å². The maximum atomic E-state index is 10.6. The molecule has 6 nitrogen and oxygen atoms in total. The first-order valence-corrected chi connectivity index (χ1v) is 10.5. The van der Waals surface area contributed by atoms with Crippen molar-refractivity contribution < 1.29 is 28.5 Å². The Balaban J connectivity index is 0.000000280. The van der Waals surface area contributed by atoms with Gasteiger partial charge in [-0.3, -0.25) is 9.59 Å². The average molecular weight is 518 g/mol. The van der Waals surface area contributed by atoms with Crippen molar-refractivity contribution in [2.75, 3.05) is 38.1 Å². The normalized spacial score (nSPS) is 9.57. The Morgan fingerprint density at radius 1 is 0.786 bits per heavy atom. The van der Waals surface area contributed by atoms with Gasteiger partial charge in [-0.2, -0.15) is 0 Å². The number of hydrogen-bond donors (Lipinski definition) is 0. The molecule has 28 heavy (non-hydrogen) atoms. The van der Waals surface area contributed by atoms with Gasteiger partial charge in [0.2, 0.25) is 0 Å². The summed E-state index contributed by atoms with van der Waals surface area (Å²) in [5, 5.41) is 1.52. The first-order chi connectivity index (χ1) is 13.6. The summed E-state index contributed by atoms with van der Waals surface area (Å²) in [4.78, 5) is 21.1. The number of carbonyl (C=O) groups excluding carboxylic acids is 2. The van der Waals surface area contributed by atoms with Crippen molar-refractivity contribution in [3.05, 3.63) is 47.5 Å². The highest BCUT2D eigenvalue weighted by Gasteiger charge is 2.05. The van der Waals surface area contributed by atoms with Crippen molar-refractivity contribution in [1.29, 1.82) is 0 Å². The van der Waals surface area contributed by atoms with E-state index in [0.717, 1.165) is 23.2 Å². The number of hydrogen-bond acceptors (Lipinski definition) is 6. The lowest BCUT2D eigenvalue weighted by Crippen LogP contribution is -2.00. The summed E-state index contributed by atoms with van der Waals surface area (Å²) in [7, 11) is 3.07. The van der Waals surface area contributed by atoms with Gasteiger partial charge in [0.1, 0.15) is 17.8 Å². The average Bonchev–Trinajstić information content (AvgIpc) is 2.76. The quantitative estimate of drug-likeness (QED) is 0.340. The van der Waals surface area contributed by atoms with Crippen LogP contribution in [0.25, 0.3) is 0 Å². The zero-order valence-electron chi connectivity index (χ0n) is 15.7. The molecule has 0 aromatic heterocycles. The molecule has 2 aromatic carbocycles. The number of benzene rings is 2. The molecule has 0 heterocycles. The molecular weight excluding hydrogens is 496 g/mol. The molecule has 0 aliphatic heterocycles. The first-order valence-electron chi connectivity index (χ1n) is 8.27. The minimum Gasteiger partial charge on any atom is -0.496 e. The van der Waals surface area contributed by atoms with E-state index in [1.54, 1.807) is 43.5 Å². The van der Waals surface area contributed by atoms with E-state index < -0.39 is 0 Å². The number of methoxy groups -OCH3 is 2. The van der Waals surface area contributed by atoms with Crippen LogP contribution in [0.3, 0.4) is 0 Å². The predicted molar refractivity (Wildman–Crippen MR) is 115 cm³/mol. The van der Waals surface area contributed by atoms with Crippen molar-refractivity contribution >= 4 is 44.4 Å². The number of aldehydes is 2. The Bertz CT molecular complexity index is 751. The lowest BCUT2D eigenvalue weighted by Gasteiger charge is -2.09. The van der Waals surface area contributed by atoms with Crippen LogP contribution in [-0.2, 0) is 0 Å². The van der Waals surface area contributed by atoms with Gasteiger partial charge < -0.3 is 18.9 Å². The van der Waals surface area contributed by atoms with Gasteiger partial charge in [0, 0.05) is 22.3 Å². The second-order valence-corrected chi connectivity index (χ2v) is 6.71. The van der Waals surface area contributed by atoms with E-state index in [1.165, 1.54) is 7.11 Å². The van der Waals surface area contributed by atoms with Gasteiger partial charge in [-0.1, -0.05) is 31.9 Å². The monoisotopic (exact) mass is 516 g/mol. The molecule has 0 saturated heterocycles. The summed E-state index contributed by atoms with van der Waals surface area (Å²) >= 11 is 6.52. The van der Waals surface area contributed by atoms with Gasteiger partial charge >= 0.3 is 0 Å². The summed E-state index contributed by atoms with van der Waals surface area (Å²) in [5.41, 5.74) is 1.10. The Morgan fingerprint density at radius 2 is 1.46 bits per heavy atom. The summed E-state index contributed by atoms with van der Waals surface area (Å²) in [6, 6.07) is 10.2. The lowest BCUT2D eigenvalue weighted by molar-refractivity contribution is 0.111. The smallest absolute Gasteiger partial charge is 0.161 e. The second kappa shape index (κ2) is 14.0. The molecule has 0 atom stereocenters. The van der Waals surface area contributed by atoms with Crippen molar-refractivity contribution in [2.24, 2.45) is 0 Å². The molecule has 0 fully saturated rings. The second-order valence-electron chi connectivity index (χ2n) is 5.12. The minimum atomic E-state index is 0.527. The summed E-state index contributed by atoms with van der Waals surface area (Å²) in [5.74, 6) is 2.46. The van der Waals surface area contributed by atoms with Gasteiger partial charge in [-0.15, -0.1) is 0 Å². The number of rotatable bonds is 10. The van der Waals surface area contributed by atoms with E-state index in [9.17, 15) is 9.59 Å². The summed E-state index contributed by atoms with van der Waals surface area (Å²) < 4.78 is 20.9. The Kier molecular flexibility index (Phi) is 12.0. The van der Waals surface area contributed by atoms with Gasteiger partial charge in [0.05, 0.1) is 33.0 Å². The van der Waals surface area contributed by atoms with Crippen molar-refractivity contribution in [3.8, 4) is 23.0 Å². The van der Waals surface area contributed by atoms with Gasteiger partial charge in [0.25, 0.3) is 0 Å². The zero-order chi connectivity index (χ0) is 20.8. The number of alkyl halides is 2. The molecular formula is C20H22Br2O6. The molecule has 8 heteroatoms. The maximum Gasteiger partial charge on any atom is 0.161 e. The Morgan fingerprint density at radius 3 is 2.04 bits per heavy atom. The molecule has 0 aliphatic carbocycles. The molecule has 0 spiro atoms. The third-order valence-corrected chi connectivity index (χ3v) is 3.98. The maximum absolute atomic E-state index is 10.6. The predicted octanol–water partition coefficient (Wildman–Crippen LogP) is 4.56. The highest BCUT2D eigenvalue weighted by molar-refractivity contribution is 9.09. The van der Waals surface area contributed by atoms with Crippen LogP contribution in [-0.4, -0.2) is 50.7 Å². The lowest BCUT2D eigenvalue weighted by atomic mass is 10.2. The Hall–Kier alpha value is -2.06. The molecule has 0 N–H and O–H groups in total. The number of halogens is 2. The van der Waals surface area contributed by atoms with Crippen LogP contribution in [0.2, 0.25) is 0 Å². The molecule has 2 rings (SSSR count). The largest absolute Gasteiger partial charge is 0.496 e. The van der Waals surface area contributed by atoms with Gasteiger partial charge in [0.15, 0.2) is 17.8 Å². The molecule has 0 aliphatic rings. The SMILES string of the molecule is COc1cc(C=O)ccc1OCCBr.COc1cc(OCCBr)ccc1C=O. The van der Waals surface area contributed by atoms with E-state index >= 15 is 0 Å². The van der Waals surface area contributed by atoms with Crippen LogP contribution < -0.4 is 18.9 Å². The Labute approximate surface area is 181 Å². The van der Waals surface area contributed by atoms with Crippen molar-refractivity contribution in [3.63, 3.8) is 0 Å². The van der Waals surface area contributed by atoms with E-state index in [-0.39, 0.29) is 0 Å². The molecule has 0 amide bonds. The molecule has 0 bridgehead atoms. The third kappa shape index (κ3) is 7.90. The molecule has 152 valence electrons. The van der Waals surface area contributed by atoms with Crippen LogP contribution in [0.15, 0.2) is 36.4 Å². The molecule has 0 unspecified atom stereocenters. The van der Waals surface area contributed by atoms with Gasteiger partial charge in [-0.05, 0) is 30.3 Å². The summed E-state index contributed by atoms with van der Waals surface area (Å²) in [6.45, 7) is 1.15. The van der Waals surface area contributed by atoms with E-state index in [4.69, 9.17) is 18.9 Å². The van der Waals surface area contributed by atoms with Crippen molar-refractivity contribution in [1.82, 2.24) is 0 Å². The number of ether oxygens (including phenoxy) is 4. The topological polar surface area (TPSA) is 71.1 Å². The molecule has 0 saturated carbocycles. The first kappa shape index (κ1) is 24.0. The fraction of sp³-hybridized carbons (Fsp3) is 0.300. The highest BCUT2D eigenvalue weighted by Crippen LogP contribution is 2.27. The van der Waals surface area contributed by atoms with E-state index in [1.807, 2.05) is 0 Å². The fourth-order valence-corrected chi connectivity index (χ4v) is 2.38. The van der Waals surface area contributed by atoms with Crippen LogP contribution in [0.4, 0.5) is 0 Å². The van der Waals surface area contributed by atoms with Gasteiger partial charge in [-0.25, -0.2) is 0 Å². The van der Waals surface area contributed by atoms with Crippen LogP contribution in [0, 0.1) is 0 Å². The van der Waals surface area contributed by atoms with E-state index in [2.05, 4.69) is 31.9 Å². The van der Waals surface area contributed by atoms with Crippen LogP contribution in [0.5, 0.6) is 23.0 Å². The molecule has 0 radical (unpaired) electrons. The standard InChI is InChI=1S/2C10H11BrO3/c1-13-10-6-9(14-5-4-11)3-2-8(10)7-12;1-13-10-6-8(7-12)2-3-9(10)14-5-4-11/h2*2-3,6-7H,4-5H2,1H3. The highest BCUT2D eigenvalue weighted by atomic mass is 79.9. The summed E-state index contributed by atoms with van der Waals surface area (Å²) in [6.07, 6.45) is 1.53. The third-order valence-electron chi connectivity index (χ3n) is 3.34. The van der Waals surface area contributed by atoms with Crippen molar-refractivity contribution in [2.45, 2.75) is 0 Å². The van der Waals surface area contributed by atoms with E-state index in [0.29, 0.717) is 47.3 Å².